The smallest absolute Gasteiger partial charge is 0.271 e. The molecular weight excluding hydrogens is 369 g/mol. The highest BCUT2D eigenvalue weighted by Crippen LogP contribution is 2.13. The predicted octanol–water partition coefficient (Wildman–Crippen LogP) is 4.62. The molecule has 0 unspecified atom stereocenters. The number of rotatable bonds is 6. The highest BCUT2D eigenvalue weighted by atomic mass is 19.1. The first-order valence-electron chi connectivity index (χ1n) is 9.16. The number of hydrogen-bond donors (Lipinski definition) is 2. The maximum Gasteiger partial charge on any atom is 0.271 e. The van der Waals surface area contributed by atoms with Gasteiger partial charge >= 0.3 is 0 Å². The zero-order chi connectivity index (χ0) is 20.6. The molecule has 2 amide bonds. The highest BCUT2D eigenvalue weighted by Gasteiger charge is 2.10. The van der Waals surface area contributed by atoms with E-state index in [1.807, 2.05) is 37.3 Å². The minimum absolute atomic E-state index is 0.321. The SMILES string of the molecule is CCC(=NNC(=O)c1cccc(NC(=O)c2ccc(F)cc2)c1)c1ccccc1. The fraction of sp³-hybridized carbons (Fsp3) is 0.0870. The number of hydrogen-bond acceptors (Lipinski definition) is 3. The van der Waals surface area contributed by atoms with Crippen LogP contribution in [0.1, 0.15) is 39.6 Å². The third-order valence-corrected chi connectivity index (χ3v) is 4.22. The summed E-state index contributed by atoms with van der Waals surface area (Å²) in [5.74, 6) is -1.19. The number of hydrazone groups is 1. The van der Waals surface area contributed by atoms with Gasteiger partial charge in [0, 0.05) is 16.8 Å². The van der Waals surface area contributed by atoms with E-state index in [2.05, 4.69) is 15.8 Å². The molecule has 0 aliphatic heterocycles. The maximum atomic E-state index is 13.0. The highest BCUT2D eigenvalue weighted by molar-refractivity contribution is 6.05. The van der Waals surface area contributed by atoms with Gasteiger partial charge in [0.05, 0.1) is 5.71 Å². The van der Waals surface area contributed by atoms with Crippen LogP contribution in [0.5, 0.6) is 0 Å². The van der Waals surface area contributed by atoms with Crippen LogP contribution < -0.4 is 10.7 Å². The summed E-state index contributed by atoms with van der Waals surface area (Å²) < 4.78 is 13.0. The Morgan fingerprint density at radius 1 is 0.828 bits per heavy atom. The molecule has 0 fully saturated rings. The first kappa shape index (κ1) is 19.9. The van der Waals surface area contributed by atoms with Crippen LogP contribution in [0.15, 0.2) is 84.0 Å². The molecule has 0 aliphatic rings. The van der Waals surface area contributed by atoms with Gasteiger partial charge in [-0.15, -0.1) is 0 Å². The Hall–Kier alpha value is -3.80. The van der Waals surface area contributed by atoms with E-state index in [9.17, 15) is 14.0 Å². The number of nitrogens with one attached hydrogen (secondary N) is 2. The average Bonchev–Trinajstić information content (AvgIpc) is 2.75. The summed E-state index contributed by atoms with van der Waals surface area (Å²) >= 11 is 0. The molecule has 6 heteroatoms. The van der Waals surface area contributed by atoms with Crippen molar-refractivity contribution >= 4 is 23.2 Å². The van der Waals surface area contributed by atoms with Crippen molar-refractivity contribution in [2.45, 2.75) is 13.3 Å². The number of amides is 2. The number of carbonyl (C=O) groups is 2. The van der Waals surface area contributed by atoms with Gasteiger partial charge < -0.3 is 5.32 Å². The summed E-state index contributed by atoms with van der Waals surface area (Å²) in [7, 11) is 0. The van der Waals surface area contributed by atoms with E-state index in [0.717, 1.165) is 11.3 Å². The maximum absolute atomic E-state index is 13.0. The molecule has 0 atom stereocenters. The molecule has 0 spiro atoms. The second-order valence-electron chi connectivity index (χ2n) is 6.26. The van der Waals surface area contributed by atoms with Crippen LogP contribution in [-0.2, 0) is 0 Å². The third-order valence-electron chi connectivity index (χ3n) is 4.22. The van der Waals surface area contributed by atoms with Crippen molar-refractivity contribution in [3.63, 3.8) is 0 Å². The van der Waals surface area contributed by atoms with Crippen LogP contribution >= 0.6 is 0 Å². The first-order valence-corrected chi connectivity index (χ1v) is 9.16. The zero-order valence-corrected chi connectivity index (χ0v) is 15.9. The molecule has 3 rings (SSSR count). The summed E-state index contributed by atoms with van der Waals surface area (Å²) in [4.78, 5) is 24.7. The van der Waals surface area contributed by atoms with E-state index >= 15 is 0 Å². The molecule has 0 aliphatic carbocycles. The Labute approximate surface area is 168 Å². The van der Waals surface area contributed by atoms with Crippen LogP contribution in [0.3, 0.4) is 0 Å². The van der Waals surface area contributed by atoms with Crippen LogP contribution in [0.25, 0.3) is 0 Å². The summed E-state index contributed by atoms with van der Waals surface area (Å²) in [6.07, 6.45) is 0.665. The number of halogens is 1. The van der Waals surface area contributed by atoms with Gasteiger partial charge in [-0.3, -0.25) is 9.59 Å². The van der Waals surface area contributed by atoms with Crippen molar-refractivity contribution in [3.05, 3.63) is 101 Å². The zero-order valence-electron chi connectivity index (χ0n) is 15.9. The lowest BCUT2D eigenvalue weighted by Crippen LogP contribution is -2.20. The Morgan fingerprint density at radius 3 is 2.21 bits per heavy atom. The molecule has 2 N–H and O–H groups in total. The molecule has 0 saturated carbocycles. The lowest BCUT2D eigenvalue weighted by molar-refractivity contribution is 0.0953. The van der Waals surface area contributed by atoms with E-state index in [1.54, 1.807) is 24.3 Å². The van der Waals surface area contributed by atoms with Crippen molar-refractivity contribution in [1.29, 1.82) is 0 Å². The van der Waals surface area contributed by atoms with Crippen molar-refractivity contribution in [1.82, 2.24) is 5.43 Å². The number of carbonyl (C=O) groups excluding carboxylic acids is 2. The normalized spacial score (nSPS) is 11.0. The molecule has 5 nitrogen and oxygen atoms in total. The Balaban J connectivity index is 1.70. The van der Waals surface area contributed by atoms with Crippen molar-refractivity contribution < 1.29 is 14.0 Å². The molecule has 29 heavy (non-hydrogen) atoms. The van der Waals surface area contributed by atoms with Gasteiger partial charge in [-0.1, -0.05) is 43.3 Å². The monoisotopic (exact) mass is 389 g/mol. The molecule has 146 valence electrons. The lowest BCUT2D eigenvalue weighted by Gasteiger charge is -2.08. The van der Waals surface area contributed by atoms with Gasteiger partial charge in [-0.25, -0.2) is 9.82 Å². The van der Waals surface area contributed by atoms with Gasteiger partial charge in [0.1, 0.15) is 5.82 Å². The van der Waals surface area contributed by atoms with Crippen LogP contribution in [0, 0.1) is 5.82 Å². The Kier molecular flexibility index (Phi) is 6.47. The fourth-order valence-corrected chi connectivity index (χ4v) is 2.70. The summed E-state index contributed by atoms with van der Waals surface area (Å²) in [5, 5.41) is 6.93. The van der Waals surface area contributed by atoms with Crippen molar-refractivity contribution in [3.8, 4) is 0 Å². The number of nitrogens with zero attached hydrogens (tertiary/aromatic N) is 1. The second-order valence-corrected chi connectivity index (χ2v) is 6.26. The van der Waals surface area contributed by atoms with Crippen LogP contribution in [-0.4, -0.2) is 17.5 Å². The van der Waals surface area contributed by atoms with Crippen molar-refractivity contribution in [2.24, 2.45) is 5.10 Å². The average molecular weight is 389 g/mol. The van der Waals surface area contributed by atoms with Crippen LogP contribution in [0.4, 0.5) is 10.1 Å². The van der Waals surface area contributed by atoms with Gasteiger partial charge in [-0.05, 0) is 54.4 Å². The molecule has 3 aromatic rings. The quantitative estimate of drug-likeness (QED) is 0.477. The van der Waals surface area contributed by atoms with E-state index in [-0.39, 0.29) is 5.91 Å². The second kappa shape index (κ2) is 9.41. The van der Waals surface area contributed by atoms with Gasteiger partial charge in [0.25, 0.3) is 11.8 Å². The van der Waals surface area contributed by atoms with E-state index in [1.165, 1.54) is 24.3 Å². The first-order chi connectivity index (χ1) is 14.1. The summed E-state index contributed by atoms with van der Waals surface area (Å²) in [6, 6.07) is 21.3. The molecule has 0 bridgehead atoms. The Morgan fingerprint density at radius 2 is 1.52 bits per heavy atom. The molecule has 0 saturated heterocycles. The minimum Gasteiger partial charge on any atom is -0.322 e. The molecular formula is C23H20FN3O2. The number of benzene rings is 3. The van der Waals surface area contributed by atoms with Gasteiger partial charge in [0.2, 0.25) is 0 Å². The standard InChI is InChI=1S/C23H20FN3O2/c1-2-21(16-7-4-3-5-8-16)26-27-23(29)18-9-6-10-20(15-18)25-22(28)17-11-13-19(24)14-12-17/h3-15H,2H2,1H3,(H,25,28)(H,27,29). The number of anilines is 1. The largest absolute Gasteiger partial charge is 0.322 e. The fourth-order valence-electron chi connectivity index (χ4n) is 2.70. The minimum atomic E-state index is -0.414. The van der Waals surface area contributed by atoms with E-state index in [4.69, 9.17) is 0 Å². The molecule has 0 radical (unpaired) electrons. The van der Waals surface area contributed by atoms with E-state index in [0.29, 0.717) is 23.2 Å². The summed E-state index contributed by atoms with van der Waals surface area (Å²) in [6.45, 7) is 1.96. The Bertz CT molecular complexity index is 1030. The van der Waals surface area contributed by atoms with Crippen LogP contribution in [0.2, 0.25) is 0 Å². The molecule has 0 heterocycles. The lowest BCUT2D eigenvalue weighted by atomic mass is 10.1. The van der Waals surface area contributed by atoms with E-state index < -0.39 is 11.7 Å². The predicted molar refractivity (Wildman–Crippen MR) is 112 cm³/mol. The molecule has 3 aromatic carbocycles. The third kappa shape index (κ3) is 5.35. The van der Waals surface area contributed by atoms with Gasteiger partial charge in [0.15, 0.2) is 0 Å². The topological polar surface area (TPSA) is 70.6 Å². The molecule has 0 aromatic heterocycles. The van der Waals surface area contributed by atoms with Crippen molar-refractivity contribution in [2.75, 3.05) is 5.32 Å². The summed E-state index contributed by atoms with van der Waals surface area (Å²) in [5.41, 5.74) is 5.40. The van der Waals surface area contributed by atoms with Gasteiger partial charge in [-0.2, -0.15) is 5.10 Å².